The first-order chi connectivity index (χ1) is 14.3. The minimum absolute atomic E-state index is 0.244. The topological polar surface area (TPSA) is 79.6 Å². The molecule has 150 valence electrons. The fourth-order valence-electron chi connectivity index (χ4n) is 2.99. The van der Waals surface area contributed by atoms with Gasteiger partial charge in [0.2, 0.25) is 0 Å². The molecule has 3 aromatic rings. The van der Waals surface area contributed by atoms with Crippen molar-refractivity contribution in [2.45, 2.75) is 6.92 Å². The number of carbonyl (C=O) groups excluding carboxylic acids is 3. The van der Waals surface area contributed by atoms with Crippen LogP contribution >= 0.6 is 23.2 Å². The van der Waals surface area contributed by atoms with Crippen LogP contribution in [0.25, 0.3) is 17.4 Å². The number of amides is 4. The Labute approximate surface area is 181 Å². The molecule has 0 unspecified atom stereocenters. The molecule has 1 aromatic heterocycles. The minimum Gasteiger partial charge on any atom is -0.457 e. The molecule has 8 heteroatoms. The number of urea groups is 1. The molecule has 2 aromatic carbocycles. The predicted octanol–water partition coefficient (Wildman–Crippen LogP) is 5.23. The monoisotopic (exact) mass is 440 g/mol. The first kappa shape index (κ1) is 19.9. The van der Waals surface area contributed by atoms with Crippen LogP contribution in [-0.4, -0.2) is 17.8 Å². The molecule has 0 saturated carbocycles. The Morgan fingerprint density at radius 1 is 0.967 bits per heavy atom. The van der Waals surface area contributed by atoms with Crippen LogP contribution in [0.1, 0.15) is 11.3 Å². The van der Waals surface area contributed by atoms with Crippen LogP contribution in [0.15, 0.2) is 64.6 Å². The molecule has 0 aliphatic carbocycles. The Morgan fingerprint density at radius 2 is 1.73 bits per heavy atom. The number of nitrogens with one attached hydrogen (secondary N) is 1. The van der Waals surface area contributed by atoms with Crippen LogP contribution in [0.2, 0.25) is 10.0 Å². The van der Waals surface area contributed by atoms with E-state index in [2.05, 4.69) is 5.32 Å². The molecule has 4 rings (SSSR count). The summed E-state index contributed by atoms with van der Waals surface area (Å²) in [7, 11) is 0. The van der Waals surface area contributed by atoms with Gasteiger partial charge in [-0.2, -0.15) is 0 Å². The van der Waals surface area contributed by atoms with Gasteiger partial charge in [-0.05, 0) is 55.0 Å². The molecular weight excluding hydrogens is 427 g/mol. The van der Waals surface area contributed by atoms with Crippen molar-refractivity contribution in [3.63, 3.8) is 0 Å². The van der Waals surface area contributed by atoms with E-state index in [1.165, 1.54) is 12.1 Å². The van der Waals surface area contributed by atoms with Gasteiger partial charge in [-0.25, -0.2) is 9.69 Å². The van der Waals surface area contributed by atoms with Gasteiger partial charge < -0.3 is 4.42 Å². The van der Waals surface area contributed by atoms with Crippen molar-refractivity contribution in [3.05, 3.63) is 81.5 Å². The van der Waals surface area contributed by atoms with Gasteiger partial charge in [-0.3, -0.25) is 14.9 Å². The van der Waals surface area contributed by atoms with Gasteiger partial charge in [0.25, 0.3) is 11.8 Å². The van der Waals surface area contributed by atoms with E-state index in [9.17, 15) is 14.4 Å². The van der Waals surface area contributed by atoms with Crippen LogP contribution in [0.5, 0.6) is 0 Å². The summed E-state index contributed by atoms with van der Waals surface area (Å²) < 4.78 is 5.73. The van der Waals surface area contributed by atoms with Crippen molar-refractivity contribution in [1.82, 2.24) is 5.32 Å². The molecule has 1 aliphatic rings. The van der Waals surface area contributed by atoms with Gasteiger partial charge in [0.1, 0.15) is 17.1 Å². The Bertz CT molecular complexity index is 1230. The van der Waals surface area contributed by atoms with Gasteiger partial charge >= 0.3 is 6.03 Å². The molecule has 1 N–H and O–H groups in total. The van der Waals surface area contributed by atoms with Crippen molar-refractivity contribution in [1.29, 1.82) is 0 Å². The molecule has 2 heterocycles. The van der Waals surface area contributed by atoms with Crippen LogP contribution < -0.4 is 10.2 Å². The quantitative estimate of drug-likeness (QED) is 0.446. The number of hydrogen-bond donors (Lipinski definition) is 1. The molecule has 0 atom stereocenters. The number of anilines is 1. The molecule has 0 spiro atoms. The highest BCUT2D eigenvalue weighted by atomic mass is 35.5. The van der Waals surface area contributed by atoms with E-state index in [0.717, 1.165) is 10.5 Å². The van der Waals surface area contributed by atoms with Crippen molar-refractivity contribution in [2.75, 3.05) is 4.90 Å². The second-order valence-corrected chi connectivity index (χ2v) is 7.39. The smallest absolute Gasteiger partial charge is 0.335 e. The summed E-state index contributed by atoms with van der Waals surface area (Å²) >= 11 is 12.3. The summed E-state index contributed by atoms with van der Waals surface area (Å²) in [6, 6.07) is 14.3. The number of carbonyl (C=O) groups is 3. The lowest BCUT2D eigenvalue weighted by Gasteiger charge is -2.26. The third-order valence-corrected chi connectivity index (χ3v) is 5.30. The highest BCUT2D eigenvalue weighted by Crippen LogP contribution is 2.31. The number of barbiturate groups is 1. The number of aryl methyl sites for hydroxylation is 1. The average molecular weight is 441 g/mol. The first-order valence-electron chi connectivity index (χ1n) is 8.87. The number of halogens is 2. The fourth-order valence-corrected chi connectivity index (χ4v) is 3.39. The highest BCUT2D eigenvalue weighted by molar-refractivity contribution is 6.39. The molecule has 1 saturated heterocycles. The molecule has 0 bridgehead atoms. The summed E-state index contributed by atoms with van der Waals surface area (Å²) in [6.07, 6.45) is 1.28. The van der Waals surface area contributed by atoms with Crippen molar-refractivity contribution < 1.29 is 18.8 Å². The maximum Gasteiger partial charge on any atom is 0.335 e. The second-order valence-electron chi connectivity index (χ2n) is 6.57. The van der Waals surface area contributed by atoms with E-state index in [1.54, 1.807) is 49.4 Å². The molecule has 1 aliphatic heterocycles. The third kappa shape index (κ3) is 3.63. The summed E-state index contributed by atoms with van der Waals surface area (Å²) in [5.41, 5.74) is 1.48. The van der Waals surface area contributed by atoms with E-state index in [-0.39, 0.29) is 17.0 Å². The fraction of sp³-hybridized carbons (Fsp3) is 0.0455. The Hall–Kier alpha value is -3.35. The normalized spacial score (nSPS) is 15.6. The van der Waals surface area contributed by atoms with Crippen LogP contribution in [0, 0.1) is 6.92 Å². The zero-order valence-corrected chi connectivity index (χ0v) is 17.1. The van der Waals surface area contributed by atoms with Crippen molar-refractivity contribution in [3.8, 4) is 11.3 Å². The maximum atomic E-state index is 12.9. The molecule has 6 nitrogen and oxygen atoms in total. The van der Waals surface area contributed by atoms with Gasteiger partial charge in [-0.1, -0.05) is 41.4 Å². The molecule has 4 amide bonds. The largest absolute Gasteiger partial charge is 0.457 e. The van der Waals surface area contributed by atoms with E-state index in [1.807, 2.05) is 6.07 Å². The summed E-state index contributed by atoms with van der Waals surface area (Å²) in [5.74, 6) is -0.844. The lowest BCUT2D eigenvalue weighted by atomic mass is 10.1. The standard InChI is InChI=1S/C22H14Cl2N2O4/c1-12-6-7-13(10-18(12)24)26-21(28)16(20(27)25-22(26)29)11-14-8-9-19(30-14)15-4-2-3-5-17(15)23/h2-11H,1H3,(H,25,27,29)/b16-11-. The van der Waals surface area contributed by atoms with Gasteiger partial charge in [-0.15, -0.1) is 0 Å². The number of nitrogens with zero attached hydrogens (tertiary/aromatic N) is 1. The van der Waals surface area contributed by atoms with Gasteiger partial charge in [0, 0.05) is 10.6 Å². The number of hydrogen-bond acceptors (Lipinski definition) is 4. The predicted molar refractivity (Wildman–Crippen MR) is 114 cm³/mol. The third-order valence-electron chi connectivity index (χ3n) is 4.57. The lowest BCUT2D eigenvalue weighted by molar-refractivity contribution is -0.122. The minimum atomic E-state index is -0.849. The van der Waals surface area contributed by atoms with E-state index in [4.69, 9.17) is 27.6 Å². The Kier molecular flexibility index (Phi) is 5.20. The van der Waals surface area contributed by atoms with E-state index >= 15 is 0 Å². The number of rotatable bonds is 3. The van der Waals surface area contributed by atoms with Crippen LogP contribution in [0.3, 0.4) is 0 Å². The van der Waals surface area contributed by atoms with Crippen molar-refractivity contribution >= 4 is 52.8 Å². The number of furan rings is 1. The van der Waals surface area contributed by atoms with E-state index < -0.39 is 17.8 Å². The first-order valence-corrected chi connectivity index (χ1v) is 9.63. The number of imide groups is 2. The van der Waals surface area contributed by atoms with E-state index in [0.29, 0.717) is 21.4 Å². The van der Waals surface area contributed by atoms with Crippen LogP contribution in [0.4, 0.5) is 10.5 Å². The number of benzene rings is 2. The Morgan fingerprint density at radius 3 is 2.47 bits per heavy atom. The summed E-state index contributed by atoms with van der Waals surface area (Å²) in [5, 5.41) is 3.06. The maximum absolute atomic E-state index is 12.9. The van der Waals surface area contributed by atoms with Gasteiger partial charge in [0.05, 0.1) is 10.7 Å². The van der Waals surface area contributed by atoms with Crippen molar-refractivity contribution in [2.24, 2.45) is 0 Å². The summed E-state index contributed by atoms with van der Waals surface area (Å²) in [4.78, 5) is 38.4. The molecule has 0 radical (unpaired) electrons. The zero-order chi connectivity index (χ0) is 21.4. The van der Waals surface area contributed by atoms with Gasteiger partial charge in [0.15, 0.2) is 0 Å². The average Bonchev–Trinajstić information content (AvgIpc) is 3.16. The Balaban J connectivity index is 1.70. The molecule has 1 fully saturated rings. The highest BCUT2D eigenvalue weighted by Gasteiger charge is 2.37. The van der Waals surface area contributed by atoms with Crippen LogP contribution in [-0.2, 0) is 9.59 Å². The lowest BCUT2D eigenvalue weighted by Crippen LogP contribution is -2.54. The zero-order valence-electron chi connectivity index (χ0n) is 15.6. The second kappa shape index (κ2) is 7.82. The SMILES string of the molecule is Cc1ccc(N2C(=O)NC(=O)/C(=C/c3ccc(-c4ccccc4Cl)o3)C2=O)cc1Cl. The molecular formula is C22H14Cl2N2O4. The molecule has 30 heavy (non-hydrogen) atoms. The summed E-state index contributed by atoms with van der Waals surface area (Å²) in [6.45, 7) is 1.80.